The van der Waals surface area contributed by atoms with E-state index in [2.05, 4.69) is 27.4 Å². The van der Waals surface area contributed by atoms with Crippen LogP contribution in [0.2, 0.25) is 0 Å². The molecule has 2 heteroatoms. The lowest BCUT2D eigenvalue weighted by atomic mass is 9.43. The number of halogens is 2. The summed E-state index contributed by atoms with van der Waals surface area (Å²) in [5.41, 5.74) is 0.293. The van der Waals surface area contributed by atoms with Crippen LogP contribution < -0.4 is 0 Å². The lowest BCUT2D eigenvalue weighted by Gasteiger charge is -2.62. The number of alkyl halides is 2. The van der Waals surface area contributed by atoms with Crippen molar-refractivity contribution in [3.8, 4) is 0 Å². The molecule has 0 aliphatic heterocycles. The SMILES string of the molecule is C=CC[C@@H](C)C1CCC2C3C(CCC21C)C1(C)CCCCC1CC3(F)F. The molecule has 4 aliphatic rings. The Labute approximate surface area is 159 Å². The number of rotatable bonds is 3. The number of allylic oxidation sites excluding steroid dienone is 1. The van der Waals surface area contributed by atoms with Gasteiger partial charge in [-0.25, -0.2) is 8.78 Å². The molecule has 0 nitrogen and oxygen atoms in total. The van der Waals surface area contributed by atoms with Gasteiger partial charge in [-0.1, -0.05) is 39.7 Å². The third-order valence-electron chi connectivity index (χ3n) is 9.87. The summed E-state index contributed by atoms with van der Waals surface area (Å²) in [6.45, 7) is 11.0. The van der Waals surface area contributed by atoms with Crippen LogP contribution in [0.15, 0.2) is 12.7 Å². The van der Waals surface area contributed by atoms with Crippen LogP contribution in [0.4, 0.5) is 8.78 Å². The smallest absolute Gasteiger partial charge is 0.207 e. The molecule has 0 radical (unpaired) electrons. The number of fused-ring (bicyclic) bond motifs is 5. The Hall–Kier alpha value is -0.400. The molecule has 4 rings (SSSR count). The molecule has 0 saturated heterocycles. The normalized spacial score (nSPS) is 51.0. The third kappa shape index (κ3) is 2.56. The Morgan fingerprint density at radius 1 is 1.00 bits per heavy atom. The lowest BCUT2D eigenvalue weighted by Crippen LogP contribution is -2.60. The highest BCUT2D eigenvalue weighted by molar-refractivity contribution is 5.13. The predicted octanol–water partition coefficient (Wildman–Crippen LogP) is 7.49. The van der Waals surface area contributed by atoms with Gasteiger partial charge in [0.25, 0.3) is 5.92 Å². The van der Waals surface area contributed by atoms with E-state index < -0.39 is 5.92 Å². The molecule has 0 spiro atoms. The zero-order valence-electron chi connectivity index (χ0n) is 17.1. The summed E-state index contributed by atoms with van der Waals surface area (Å²) in [5.74, 6) is -0.894. The summed E-state index contributed by atoms with van der Waals surface area (Å²) in [7, 11) is 0. The molecule has 0 aromatic heterocycles. The number of hydrogen-bond acceptors (Lipinski definition) is 0. The van der Waals surface area contributed by atoms with Crippen LogP contribution in [-0.2, 0) is 0 Å². The van der Waals surface area contributed by atoms with Gasteiger partial charge in [-0.2, -0.15) is 0 Å². The molecule has 0 bridgehead atoms. The van der Waals surface area contributed by atoms with E-state index in [1.807, 2.05) is 6.08 Å². The second-order valence-electron chi connectivity index (χ2n) is 10.9. The fraction of sp³-hybridized carbons (Fsp3) is 0.917. The van der Waals surface area contributed by atoms with Gasteiger partial charge in [-0.15, -0.1) is 6.58 Å². The van der Waals surface area contributed by atoms with Gasteiger partial charge in [0.15, 0.2) is 0 Å². The summed E-state index contributed by atoms with van der Waals surface area (Å²) >= 11 is 0. The third-order valence-corrected chi connectivity index (χ3v) is 9.87. The van der Waals surface area contributed by atoms with Gasteiger partial charge in [0.1, 0.15) is 0 Å². The van der Waals surface area contributed by atoms with Crippen molar-refractivity contribution >= 4 is 0 Å². The second kappa shape index (κ2) is 6.31. The maximum atomic E-state index is 15.5. The van der Waals surface area contributed by atoms with Gasteiger partial charge in [0, 0.05) is 12.3 Å². The summed E-state index contributed by atoms with van der Waals surface area (Å²) in [6, 6.07) is 0. The first-order chi connectivity index (χ1) is 12.2. The molecule has 8 atom stereocenters. The van der Waals surface area contributed by atoms with Crippen LogP contribution in [-0.4, -0.2) is 5.92 Å². The maximum Gasteiger partial charge on any atom is 0.251 e. The number of hydrogen-bond donors (Lipinski definition) is 0. The highest BCUT2D eigenvalue weighted by Crippen LogP contribution is 2.71. The average molecular weight is 365 g/mol. The van der Waals surface area contributed by atoms with E-state index >= 15 is 8.78 Å². The Balaban J connectivity index is 1.67. The van der Waals surface area contributed by atoms with Gasteiger partial charge in [-0.05, 0) is 85.4 Å². The zero-order valence-corrected chi connectivity index (χ0v) is 17.1. The first-order valence-electron chi connectivity index (χ1n) is 11.2. The molecule has 0 N–H and O–H groups in total. The first kappa shape index (κ1) is 18.9. The van der Waals surface area contributed by atoms with Crippen LogP contribution >= 0.6 is 0 Å². The van der Waals surface area contributed by atoms with Crippen molar-refractivity contribution in [2.45, 2.75) is 90.9 Å². The molecule has 4 fully saturated rings. The minimum Gasteiger partial charge on any atom is -0.207 e. The Morgan fingerprint density at radius 3 is 2.46 bits per heavy atom. The van der Waals surface area contributed by atoms with Crippen molar-refractivity contribution in [3.63, 3.8) is 0 Å². The molecule has 0 aromatic rings. The van der Waals surface area contributed by atoms with Crippen LogP contribution in [0.5, 0.6) is 0 Å². The molecule has 148 valence electrons. The molecule has 4 aliphatic carbocycles. The van der Waals surface area contributed by atoms with Crippen LogP contribution in [0.25, 0.3) is 0 Å². The predicted molar refractivity (Wildman–Crippen MR) is 104 cm³/mol. The van der Waals surface area contributed by atoms with Gasteiger partial charge in [-0.3, -0.25) is 0 Å². The summed E-state index contributed by atoms with van der Waals surface area (Å²) in [5, 5.41) is 0. The molecule has 0 aromatic carbocycles. The van der Waals surface area contributed by atoms with Crippen molar-refractivity contribution in [2.24, 2.45) is 46.3 Å². The average Bonchev–Trinajstić information content (AvgIpc) is 2.92. The molecule has 0 amide bonds. The second-order valence-corrected chi connectivity index (χ2v) is 10.9. The molecular formula is C24H38F2. The maximum absolute atomic E-state index is 15.5. The quantitative estimate of drug-likeness (QED) is 0.455. The van der Waals surface area contributed by atoms with Crippen molar-refractivity contribution in [2.75, 3.05) is 0 Å². The van der Waals surface area contributed by atoms with Crippen LogP contribution in [0.1, 0.15) is 85.0 Å². The van der Waals surface area contributed by atoms with Gasteiger partial charge in [0.2, 0.25) is 0 Å². The fourth-order valence-electron chi connectivity index (χ4n) is 8.59. The van der Waals surface area contributed by atoms with Crippen molar-refractivity contribution in [3.05, 3.63) is 12.7 Å². The Bertz CT molecular complexity index is 554. The van der Waals surface area contributed by atoms with Crippen LogP contribution in [0, 0.1) is 46.3 Å². The van der Waals surface area contributed by atoms with E-state index in [9.17, 15) is 0 Å². The monoisotopic (exact) mass is 364 g/mol. The van der Waals surface area contributed by atoms with Gasteiger partial charge in [0.05, 0.1) is 0 Å². The Morgan fingerprint density at radius 2 is 1.73 bits per heavy atom. The van der Waals surface area contributed by atoms with E-state index in [1.54, 1.807) is 0 Å². The molecule has 26 heavy (non-hydrogen) atoms. The van der Waals surface area contributed by atoms with Gasteiger partial charge < -0.3 is 0 Å². The highest BCUT2D eigenvalue weighted by atomic mass is 19.3. The van der Waals surface area contributed by atoms with Crippen LogP contribution in [0.3, 0.4) is 0 Å². The molecule has 7 unspecified atom stereocenters. The van der Waals surface area contributed by atoms with Crippen molar-refractivity contribution < 1.29 is 8.78 Å². The lowest BCUT2D eigenvalue weighted by molar-refractivity contribution is -0.232. The summed E-state index contributed by atoms with van der Waals surface area (Å²) < 4.78 is 31.1. The van der Waals surface area contributed by atoms with E-state index in [-0.39, 0.29) is 40.9 Å². The summed E-state index contributed by atoms with van der Waals surface area (Å²) in [4.78, 5) is 0. The first-order valence-corrected chi connectivity index (χ1v) is 11.2. The molecule has 0 heterocycles. The highest BCUT2D eigenvalue weighted by Gasteiger charge is 2.67. The van der Waals surface area contributed by atoms with Crippen molar-refractivity contribution in [1.82, 2.24) is 0 Å². The minimum atomic E-state index is -2.45. The van der Waals surface area contributed by atoms with E-state index in [4.69, 9.17) is 0 Å². The van der Waals surface area contributed by atoms with Gasteiger partial charge >= 0.3 is 0 Å². The zero-order chi connectivity index (χ0) is 18.7. The summed E-state index contributed by atoms with van der Waals surface area (Å²) in [6.07, 6.45) is 12.2. The Kier molecular flexibility index (Phi) is 4.60. The standard InChI is InChI=1S/C24H38F2/c1-5-8-16(2)18-10-11-19-21-20(12-14-23(18,19)4)22(3)13-7-6-9-17(22)15-24(21,25)26/h5,16-21H,1,6-15H2,2-4H3/t16-,17?,18?,19?,20?,21?,22?,23?/m1/s1. The van der Waals surface area contributed by atoms with Crippen molar-refractivity contribution in [1.29, 1.82) is 0 Å². The topological polar surface area (TPSA) is 0 Å². The fourth-order valence-corrected chi connectivity index (χ4v) is 8.59. The van der Waals surface area contributed by atoms with E-state index in [1.165, 1.54) is 19.3 Å². The molecular weight excluding hydrogens is 326 g/mol. The molecule has 4 saturated carbocycles. The van der Waals surface area contributed by atoms with E-state index in [0.29, 0.717) is 11.8 Å². The largest absolute Gasteiger partial charge is 0.251 e. The van der Waals surface area contributed by atoms with E-state index in [0.717, 1.165) is 38.5 Å². The minimum absolute atomic E-state index is 0.116.